The molecule has 1 atom stereocenters. The van der Waals surface area contributed by atoms with Crippen molar-refractivity contribution in [2.75, 3.05) is 13.1 Å². The van der Waals surface area contributed by atoms with E-state index in [2.05, 4.69) is 5.10 Å². The summed E-state index contributed by atoms with van der Waals surface area (Å²) in [6.07, 6.45) is 2.47. The molecule has 1 amide bonds. The quantitative estimate of drug-likeness (QED) is 0.923. The molecule has 0 radical (unpaired) electrons. The van der Waals surface area contributed by atoms with Crippen molar-refractivity contribution in [2.45, 2.75) is 19.4 Å². The van der Waals surface area contributed by atoms with Crippen molar-refractivity contribution in [3.8, 4) is 5.69 Å². The lowest BCUT2D eigenvalue weighted by atomic mass is 10.2. The molecule has 21 heavy (non-hydrogen) atoms. The highest BCUT2D eigenvalue weighted by molar-refractivity contribution is 6.30. The lowest BCUT2D eigenvalue weighted by Crippen LogP contribution is -2.32. The van der Waals surface area contributed by atoms with E-state index in [0.29, 0.717) is 23.7 Å². The first kappa shape index (κ1) is 14.1. The van der Waals surface area contributed by atoms with E-state index in [1.54, 1.807) is 15.8 Å². The largest absolute Gasteiger partial charge is 0.337 e. The van der Waals surface area contributed by atoms with Crippen molar-refractivity contribution in [1.29, 1.82) is 0 Å². The fraction of sp³-hybridized carbons (Fsp3) is 0.333. The van der Waals surface area contributed by atoms with Crippen LogP contribution in [0.5, 0.6) is 0 Å². The first-order valence-corrected chi connectivity index (χ1v) is 7.29. The van der Waals surface area contributed by atoms with Crippen LogP contribution >= 0.6 is 11.6 Å². The minimum atomic E-state index is -0.00581. The van der Waals surface area contributed by atoms with Gasteiger partial charge in [-0.15, -0.1) is 0 Å². The van der Waals surface area contributed by atoms with Gasteiger partial charge in [0.25, 0.3) is 5.91 Å². The van der Waals surface area contributed by atoms with Gasteiger partial charge in [0.2, 0.25) is 0 Å². The number of benzene rings is 1. The summed E-state index contributed by atoms with van der Waals surface area (Å²) in [5.41, 5.74) is 8.13. The summed E-state index contributed by atoms with van der Waals surface area (Å²) in [5, 5.41) is 4.96. The monoisotopic (exact) mass is 304 g/mol. The zero-order valence-corrected chi connectivity index (χ0v) is 12.5. The second-order valence-electron chi connectivity index (χ2n) is 5.34. The third-order valence-electron chi connectivity index (χ3n) is 3.80. The number of amides is 1. The molecule has 110 valence electrons. The number of rotatable bonds is 2. The van der Waals surface area contributed by atoms with E-state index in [0.717, 1.165) is 17.8 Å². The first-order chi connectivity index (χ1) is 10.1. The predicted molar refractivity (Wildman–Crippen MR) is 81.8 cm³/mol. The van der Waals surface area contributed by atoms with Crippen LogP contribution in [0.15, 0.2) is 30.5 Å². The number of likely N-dealkylation sites (tertiary alicyclic amines) is 1. The second kappa shape index (κ2) is 5.50. The Morgan fingerprint density at radius 2 is 2.29 bits per heavy atom. The van der Waals surface area contributed by atoms with Crippen LogP contribution in [0.1, 0.15) is 22.5 Å². The Hall–Kier alpha value is -1.85. The Morgan fingerprint density at radius 1 is 1.48 bits per heavy atom. The molecule has 2 N–H and O–H groups in total. The molecule has 0 unspecified atom stereocenters. The van der Waals surface area contributed by atoms with E-state index in [4.69, 9.17) is 17.3 Å². The number of hydrogen-bond donors (Lipinski definition) is 1. The number of carbonyl (C=O) groups is 1. The summed E-state index contributed by atoms with van der Waals surface area (Å²) in [4.78, 5) is 14.3. The molecule has 1 fully saturated rings. The van der Waals surface area contributed by atoms with E-state index in [1.165, 1.54) is 0 Å². The topological polar surface area (TPSA) is 64.2 Å². The number of hydrogen-bond acceptors (Lipinski definition) is 3. The van der Waals surface area contributed by atoms with E-state index >= 15 is 0 Å². The van der Waals surface area contributed by atoms with Crippen LogP contribution in [0.25, 0.3) is 5.69 Å². The normalized spacial score (nSPS) is 18.2. The standard InChI is InChI=1S/C15H17ClN4O/c1-10-14(15(21)19-6-5-12(17)9-19)8-18-20(10)13-4-2-3-11(16)7-13/h2-4,7-8,12H,5-6,9,17H2,1H3/t12-/m1/s1. The number of halogens is 1. The Bertz CT molecular complexity index is 682. The number of carbonyl (C=O) groups excluding carboxylic acids is 1. The maximum absolute atomic E-state index is 12.5. The van der Waals surface area contributed by atoms with Crippen LogP contribution in [0, 0.1) is 6.92 Å². The molecule has 1 aromatic carbocycles. The molecule has 0 bridgehead atoms. The zero-order chi connectivity index (χ0) is 15.0. The average Bonchev–Trinajstić information content (AvgIpc) is 3.04. The highest BCUT2D eigenvalue weighted by Gasteiger charge is 2.27. The van der Waals surface area contributed by atoms with Gasteiger partial charge in [0.15, 0.2) is 0 Å². The summed E-state index contributed by atoms with van der Waals surface area (Å²) in [6, 6.07) is 7.48. The molecule has 1 aromatic heterocycles. The van der Waals surface area contributed by atoms with Crippen molar-refractivity contribution >= 4 is 17.5 Å². The predicted octanol–water partition coefficient (Wildman–Crippen LogP) is 2.01. The summed E-state index contributed by atoms with van der Waals surface area (Å²) >= 11 is 6.01. The smallest absolute Gasteiger partial charge is 0.257 e. The summed E-state index contributed by atoms with van der Waals surface area (Å²) in [6.45, 7) is 3.21. The van der Waals surface area contributed by atoms with Gasteiger partial charge in [0, 0.05) is 24.2 Å². The minimum Gasteiger partial charge on any atom is -0.337 e. The molecule has 2 heterocycles. The molecule has 3 rings (SSSR count). The highest BCUT2D eigenvalue weighted by Crippen LogP contribution is 2.20. The van der Waals surface area contributed by atoms with E-state index in [1.807, 2.05) is 31.2 Å². The van der Waals surface area contributed by atoms with Crippen LogP contribution < -0.4 is 5.73 Å². The van der Waals surface area contributed by atoms with Gasteiger partial charge in [0.05, 0.1) is 23.1 Å². The Morgan fingerprint density at radius 3 is 2.95 bits per heavy atom. The maximum atomic E-state index is 12.5. The third-order valence-corrected chi connectivity index (χ3v) is 4.04. The van der Waals surface area contributed by atoms with Crippen LogP contribution in [0.2, 0.25) is 5.02 Å². The van der Waals surface area contributed by atoms with Crippen molar-refractivity contribution in [3.05, 3.63) is 46.7 Å². The molecular weight excluding hydrogens is 288 g/mol. The fourth-order valence-corrected chi connectivity index (χ4v) is 2.81. The van der Waals surface area contributed by atoms with Gasteiger partial charge in [-0.1, -0.05) is 17.7 Å². The maximum Gasteiger partial charge on any atom is 0.257 e. The highest BCUT2D eigenvalue weighted by atomic mass is 35.5. The molecule has 1 saturated heterocycles. The van der Waals surface area contributed by atoms with Crippen LogP contribution in [-0.2, 0) is 0 Å². The van der Waals surface area contributed by atoms with E-state index < -0.39 is 0 Å². The van der Waals surface area contributed by atoms with Gasteiger partial charge in [-0.25, -0.2) is 4.68 Å². The zero-order valence-electron chi connectivity index (χ0n) is 11.8. The Balaban J connectivity index is 1.91. The summed E-state index contributed by atoms with van der Waals surface area (Å²) in [5.74, 6) is -0.00581. The molecule has 6 heteroatoms. The van der Waals surface area contributed by atoms with Gasteiger partial charge in [-0.2, -0.15) is 5.10 Å². The number of nitrogens with two attached hydrogens (primary N) is 1. The lowest BCUT2D eigenvalue weighted by molar-refractivity contribution is 0.0790. The summed E-state index contributed by atoms with van der Waals surface area (Å²) in [7, 11) is 0. The van der Waals surface area contributed by atoms with Gasteiger partial charge in [-0.05, 0) is 31.5 Å². The fourth-order valence-electron chi connectivity index (χ4n) is 2.63. The third kappa shape index (κ3) is 2.66. The molecule has 0 spiro atoms. The minimum absolute atomic E-state index is 0.00581. The Kier molecular flexibility index (Phi) is 3.69. The number of nitrogens with zero attached hydrogens (tertiary/aromatic N) is 3. The van der Waals surface area contributed by atoms with Gasteiger partial charge >= 0.3 is 0 Å². The molecule has 0 saturated carbocycles. The first-order valence-electron chi connectivity index (χ1n) is 6.91. The second-order valence-corrected chi connectivity index (χ2v) is 5.77. The SMILES string of the molecule is Cc1c(C(=O)N2CC[C@@H](N)C2)cnn1-c1cccc(Cl)c1. The molecule has 0 aliphatic carbocycles. The average molecular weight is 305 g/mol. The van der Waals surface area contributed by atoms with Crippen LogP contribution in [0.3, 0.4) is 0 Å². The van der Waals surface area contributed by atoms with Crippen LogP contribution in [-0.4, -0.2) is 39.7 Å². The molecule has 5 nitrogen and oxygen atoms in total. The lowest BCUT2D eigenvalue weighted by Gasteiger charge is -2.15. The van der Waals surface area contributed by atoms with Gasteiger partial charge < -0.3 is 10.6 Å². The van der Waals surface area contributed by atoms with Crippen molar-refractivity contribution in [3.63, 3.8) is 0 Å². The number of aromatic nitrogens is 2. The molecular formula is C15H17ClN4O. The molecule has 1 aliphatic heterocycles. The molecule has 1 aliphatic rings. The van der Waals surface area contributed by atoms with E-state index in [9.17, 15) is 4.79 Å². The van der Waals surface area contributed by atoms with Crippen molar-refractivity contribution < 1.29 is 4.79 Å². The van der Waals surface area contributed by atoms with Crippen LogP contribution in [0.4, 0.5) is 0 Å². The van der Waals surface area contributed by atoms with Gasteiger partial charge in [0.1, 0.15) is 0 Å². The Labute approximate surface area is 128 Å². The van der Waals surface area contributed by atoms with Crippen molar-refractivity contribution in [2.24, 2.45) is 5.73 Å². The molecule has 2 aromatic rings. The summed E-state index contributed by atoms with van der Waals surface area (Å²) < 4.78 is 1.73. The van der Waals surface area contributed by atoms with Gasteiger partial charge in [-0.3, -0.25) is 4.79 Å². The van der Waals surface area contributed by atoms with E-state index in [-0.39, 0.29) is 11.9 Å². The van der Waals surface area contributed by atoms with Crippen molar-refractivity contribution in [1.82, 2.24) is 14.7 Å².